The molecule has 2 amide bonds. The number of carbonyl (C=O) groups excluding carboxylic acids is 2. The van der Waals surface area contributed by atoms with Gasteiger partial charge in [0.05, 0.1) is 22.9 Å². The average molecular weight is 504 g/mol. The zero-order valence-corrected chi connectivity index (χ0v) is 20.3. The summed E-state index contributed by atoms with van der Waals surface area (Å²) < 4.78 is 17.9. The Morgan fingerprint density at radius 3 is 2.79 bits per heavy atom. The van der Waals surface area contributed by atoms with Crippen molar-refractivity contribution in [3.05, 3.63) is 52.7 Å². The van der Waals surface area contributed by atoms with E-state index < -0.39 is 11.7 Å². The van der Waals surface area contributed by atoms with E-state index in [0.717, 1.165) is 0 Å². The summed E-state index contributed by atoms with van der Waals surface area (Å²) in [5, 5.41) is 7.30. The number of likely N-dealkylation sites (tertiary alicyclic amines) is 1. The summed E-state index contributed by atoms with van der Waals surface area (Å²) in [6.07, 6.45) is 3.38. The molecule has 12 heteroatoms. The fraction of sp³-hybridized carbons (Fsp3) is 0.273. The largest absolute Gasteiger partial charge is 0.373 e. The SMILES string of the molecule is C=CC(=O)N1CC[C@H](n2nc(C#Cc3cc4ncn(C)c4c(F)c3Cl)c(C(N)=O)c2NC)C1.S. The Morgan fingerprint density at radius 2 is 2.15 bits per heavy atom. The number of primary amides is 1. The number of aryl methyl sites for hydroxylation is 1. The van der Waals surface area contributed by atoms with E-state index in [1.807, 2.05) is 0 Å². The second-order valence-corrected chi connectivity index (χ2v) is 7.97. The lowest BCUT2D eigenvalue weighted by Crippen LogP contribution is -2.27. The van der Waals surface area contributed by atoms with Gasteiger partial charge in [-0.05, 0) is 24.5 Å². The molecule has 0 bridgehead atoms. The van der Waals surface area contributed by atoms with Crippen molar-refractivity contribution in [1.29, 1.82) is 0 Å². The molecule has 1 fully saturated rings. The number of amides is 2. The molecular formula is C22H23ClFN7O2S. The van der Waals surface area contributed by atoms with Gasteiger partial charge in [-0.15, -0.1) is 0 Å². The molecule has 0 unspecified atom stereocenters. The summed E-state index contributed by atoms with van der Waals surface area (Å²) in [6, 6.07) is 1.39. The lowest BCUT2D eigenvalue weighted by Gasteiger charge is -2.16. The van der Waals surface area contributed by atoms with E-state index in [1.165, 1.54) is 17.0 Å². The number of nitrogens with two attached hydrogens (primary N) is 1. The molecule has 1 aliphatic rings. The van der Waals surface area contributed by atoms with Crippen molar-refractivity contribution >= 4 is 53.8 Å². The van der Waals surface area contributed by atoms with Gasteiger partial charge in [0.15, 0.2) is 11.5 Å². The fourth-order valence-electron chi connectivity index (χ4n) is 3.99. The number of imidazole rings is 1. The van der Waals surface area contributed by atoms with Crippen molar-refractivity contribution in [1.82, 2.24) is 24.2 Å². The van der Waals surface area contributed by atoms with Crippen LogP contribution in [0.4, 0.5) is 10.2 Å². The van der Waals surface area contributed by atoms with Gasteiger partial charge in [0.25, 0.3) is 5.91 Å². The Labute approximate surface area is 207 Å². The zero-order chi connectivity index (χ0) is 23.9. The normalized spacial score (nSPS) is 14.9. The molecule has 4 rings (SSSR count). The number of benzene rings is 1. The Hall–Kier alpha value is -3.49. The predicted octanol–water partition coefficient (Wildman–Crippen LogP) is 2.17. The van der Waals surface area contributed by atoms with Gasteiger partial charge < -0.3 is 20.5 Å². The molecule has 9 nitrogen and oxygen atoms in total. The minimum absolute atomic E-state index is 0. The van der Waals surface area contributed by atoms with Crippen molar-refractivity contribution in [3.63, 3.8) is 0 Å². The monoisotopic (exact) mass is 503 g/mol. The lowest BCUT2D eigenvalue weighted by molar-refractivity contribution is -0.125. The van der Waals surface area contributed by atoms with Crippen LogP contribution < -0.4 is 11.1 Å². The first-order valence-corrected chi connectivity index (χ1v) is 10.5. The van der Waals surface area contributed by atoms with Gasteiger partial charge >= 0.3 is 0 Å². The molecule has 3 N–H and O–H groups in total. The van der Waals surface area contributed by atoms with Crippen molar-refractivity contribution in [2.45, 2.75) is 12.5 Å². The van der Waals surface area contributed by atoms with Crippen LogP contribution in [0, 0.1) is 17.7 Å². The molecule has 1 aliphatic heterocycles. The van der Waals surface area contributed by atoms with Crippen molar-refractivity contribution in [3.8, 4) is 11.8 Å². The number of hydrogen-bond acceptors (Lipinski definition) is 5. The Bertz CT molecular complexity index is 1370. The van der Waals surface area contributed by atoms with Gasteiger partial charge in [-0.2, -0.15) is 18.6 Å². The summed E-state index contributed by atoms with van der Waals surface area (Å²) in [5.41, 5.74) is 6.73. The van der Waals surface area contributed by atoms with Gasteiger partial charge in [-0.25, -0.2) is 14.1 Å². The quantitative estimate of drug-likeness (QED) is 0.419. The van der Waals surface area contributed by atoms with Crippen molar-refractivity contribution < 1.29 is 14.0 Å². The summed E-state index contributed by atoms with van der Waals surface area (Å²) in [4.78, 5) is 30.0. The van der Waals surface area contributed by atoms with Crippen LogP contribution in [0.5, 0.6) is 0 Å². The minimum Gasteiger partial charge on any atom is -0.373 e. The molecule has 0 saturated carbocycles. The van der Waals surface area contributed by atoms with Crippen molar-refractivity contribution in [2.24, 2.45) is 12.8 Å². The number of rotatable bonds is 4. The number of fused-ring (bicyclic) bond motifs is 1. The first-order chi connectivity index (χ1) is 15.8. The summed E-state index contributed by atoms with van der Waals surface area (Å²) >= 11 is 6.20. The third-order valence-electron chi connectivity index (χ3n) is 5.59. The highest BCUT2D eigenvalue weighted by atomic mass is 35.5. The number of halogens is 2. The number of hydrogen-bond donors (Lipinski definition) is 2. The Balaban J connectivity index is 0.00000324. The van der Waals surface area contributed by atoms with Gasteiger partial charge in [0, 0.05) is 32.7 Å². The second kappa shape index (κ2) is 9.79. The smallest absolute Gasteiger partial charge is 0.255 e. The minimum atomic E-state index is -0.718. The van der Waals surface area contributed by atoms with Crippen LogP contribution >= 0.6 is 25.1 Å². The first kappa shape index (κ1) is 25.1. The fourth-order valence-corrected chi connectivity index (χ4v) is 4.18. The molecule has 1 saturated heterocycles. The topological polar surface area (TPSA) is 111 Å². The van der Waals surface area contributed by atoms with E-state index in [-0.39, 0.29) is 52.8 Å². The lowest BCUT2D eigenvalue weighted by atomic mass is 10.1. The highest BCUT2D eigenvalue weighted by Crippen LogP contribution is 2.30. The highest BCUT2D eigenvalue weighted by Gasteiger charge is 2.31. The summed E-state index contributed by atoms with van der Waals surface area (Å²) in [7, 11) is 3.30. The molecular weight excluding hydrogens is 481 g/mol. The van der Waals surface area contributed by atoms with Crippen LogP contribution in [-0.4, -0.2) is 56.2 Å². The molecule has 3 heterocycles. The van der Waals surface area contributed by atoms with Gasteiger partial charge in [0.2, 0.25) is 5.91 Å². The molecule has 1 aromatic carbocycles. The number of carbonyl (C=O) groups is 2. The number of nitrogens with one attached hydrogen (secondary N) is 1. The molecule has 1 atom stereocenters. The predicted molar refractivity (Wildman–Crippen MR) is 133 cm³/mol. The third-order valence-corrected chi connectivity index (χ3v) is 5.96. The summed E-state index contributed by atoms with van der Waals surface area (Å²) in [6.45, 7) is 4.45. The molecule has 0 spiro atoms. The zero-order valence-electron chi connectivity index (χ0n) is 18.5. The Kier molecular flexibility index (Phi) is 7.24. The molecule has 0 aliphatic carbocycles. The molecule has 178 valence electrons. The van der Waals surface area contributed by atoms with Gasteiger partial charge in [0.1, 0.15) is 16.9 Å². The van der Waals surface area contributed by atoms with Gasteiger partial charge in [-0.3, -0.25) is 9.59 Å². The van der Waals surface area contributed by atoms with E-state index >= 15 is 0 Å². The van der Waals surface area contributed by atoms with E-state index in [9.17, 15) is 14.0 Å². The number of nitrogens with zero attached hydrogens (tertiary/aromatic N) is 5. The second-order valence-electron chi connectivity index (χ2n) is 7.59. The maximum atomic E-state index is 14.7. The van der Waals surface area contributed by atoms with Crippen LogP contribution in [-0.2, 0) is 11.8 Å². The van der Waals surface area contributed by atoms with E-state index in [2.05, 4.69) is 33.8 Å². The third kappa shape index (κ3) is 4.22. The van der Waals surface area contributed by atoms with Crippen LogP contribution in [0.2, 0.25) is 5.02 Å². The van der Waals surface area contributed by atoms with Crippen LogP contribution in [0.3, 0.4) is 0 Å². The van der Waals surface area contributed by atoms with Crippen LogP contribution in [0.1, 0.15) is 34.1 Å². The van der Waals surface area contributed by atoms with E-state index in [1.54, 1.807) is 29.7 Å². The maximum absolute atomic E-state index is 14.7. The maximum Gasteiger partial charge on any atom is 0.255 e. The van der Waals surface area contributed by atoms with Crippen LogP contribution in [0.15, 0.2) is 25.0 Å². The molecule has 0 radical (unpaired) electrons. The standard InChI is InChI=1S/C22H21ClFN7O2.H2S/c1-4-16(32)30-8-7-13(10-30)31-22(26-2)17(21(25)33)14(28-31)6-5-12-9-15-20(19(24)18(12)23)29(3)11-27-15;/h4,9,11,13,26H,1,7-8,10H2,2-3H3,(H2,25,33);1H2/t13-;/m0./s1. The molecule has 34 heavy (non-hydrogen) atoms. The van der Waals surface area contributed by atoms with Gasteiger partial charge in [-0.1, -0.05) is 24.1 Å². The average Bonchev–Trinajstić information content (AvgIpc) is 3.51. The number of aromatic nitrogens is 4. The summed E-state index contributed by atoms with van der Waals surface area (Å²) in [5.74, 6) is 4.47. The van der Waals surface area contributed by atoms with Crippen LogP contribution in [0.25, 0.3) is 11.0 Å². The molecule has 3 aromatic rings. The first-order valence-electron chi connectivity index (χ1n) is 10.1. The molecule has 2 aromatic heterocycles. The van der Waals surface area contributed by atoms with Crippen molar-refractivity contribution in [2.75, 3.05) is 25.5 Å². The van der Waals surface area contributed by atoms with E-state index in [0.29, 0.717) is 30.8 Å². The van der Waals surface area contributed by atoms with E-state index in [4.69, 9.17) is 17.3 Å². The Morgan fingerprint density at radius 1 is 1.41 bits per heavy atom. The number of anilines is 1. The highest BCUT2D eigenvalue weighted by molar-refractivity contribution is 7.59.